The Hall–Kier alpha value is -0.370. The Morgan fingerprint density at radius 2 is 2.20 bits per heavy atom. The van der Waals surface area contributed by atoms with Crippen LogP contribution in [-0.2, 0) is 4.79 Å². The molecular weight excluding hydrogens is 192 g/mol. The molecule has 10 heavy (non-hydrogen) atoms. The summed E-state index contributed by atoms with van der Waals surface area (Å²) >= 11 is 3.06. The summed E-state index contributed by atoms with van der Waals surface area (Å²) in [6, 6.07) is 0. The smallest absolute Gasteiger partial charge is 0.166 e. The van der Waals surface area contributed by atoms with Crippen molar-refractivity contribution in [2.75, 3.05) is 5.33 Å². The summed E-state index contributed by atoms with van der Waals surface area (Å²) in [6.07, 6.45) is 8.19. The van der Waals surface area contributed by atoms with E-state index in [4.69, 9.17) is 0 Å². The molecule has 0 atom stereocenters. The number of hydrogen-bond donors (Lipinski definition) is 0. The summed E-state index contributed by atoms with van der Waals surface area (Å²) in [5.74, 6) is 0.0979. The highest BCUT2D eigenvalue weighted by Gasteiger charge is 1.86. The molecule has 0 aliphatic heterocycles. The molecule has 0 aromatic heterocycles. The maximum Gasteiger partial charge on any atom is 0.166 e. The van der Waals surface area contributed by atoms with Crippen molar-refractivity contribution in [3.63, 3.8) is 0 Å². The molecule has 0 fully saturated rings. The van der Waals surface area contributed by atoms with Gasteiger partial charge >= 0.3 is 0 Å². The first-order valence-corrected chi connectivity index (χ1v) is 4.35. The molecule has 56 valence electrons. The van der Waals surface area contributed by atoms with Gasteiger partial charge < -0.3 is 0 Å². The number of allylic oxidation sites excluding steroid dienone is 4. The lowest BCUT2D eigenvalue weighted by Gasteiger charge is -1.79. The molecule has 0 amide bonds. The zero-order chi connectivity index (χ0) is 7.82. The average molecular weight is 203 g/mol. The molecule has 0 aliphatic rings. The number of carbonyl (C=O) groups is 1. The van der Waals surface area contributed by atoms with Crippen LogP contribution in [0, 0.1) is 0 Å². The summed E-state index contributed by atoms with van der Waals surface area (Å²) in [5, 5.41) is 0.406. The fourth-order valence-electron chi connectivity index (χ4n) is 0.422. The van der Waals surface area contributed by atoms with Gasteiger partial charge in [0, 0.05) is 0 Å². The first kappa shape index (κ1) is 9.63. The van der Waals surface area contributed by atoms with Crippen LogP contribution < -0.4 is 0 Å². The van der Waals surface area contributed by atoms with Crippen LogP contribution in [0.1, 0.15) is 13.3 Å². The summed E-state index contributed by atoms with van der Waals surface area (Å²) in [4.78, 5) is 10.6. The van der Waals surface area contributed by atoms with Gasteiger partial charge in [0.25, 0.3) is 0 Å². The number of carbonyl (C=O) groups excluding carboxylic acids is 1. The van der Waals surface area contributed by atoms with Crippen molar-refractivity contribution >= 4 is 21.7 Å². The van der Waals surface area contributed by atoms with Crippen molar-refractivity contribution in [2.24, 2.45) is 0 Å². The minimum atomic E-state index is 0.0979. The van der Waals surface area contributed by atoms with E-state index in [2.05, 4.69) is 22.9 Å². The molecule has 0 radical (unpaired) electrons. The second-order valence-corrected chi connectivity index (χ2v) is 2.36. The minimum Gasteiger partial charge on any atom is -0.294 e. The highest BCUT2D eigenvalue weighted by atomic mass is 79.9. The summed E-state index contributed by atoms with van der Waals surface area (Å²) < 4.78 is 0. The van der Waals surface area contributed by atoms with Crippen LogP contribution in [0.5, 0.6) is 0 Å². The van der Waals surface area contributed by atoms with Gasteiger partial charge in [-0.1, -0.05) is 41.1 Å². The lowest BCUT2D eigenvalue weighted by molar-refractivity contribution is -0.112. The summed E-state index contributed by atoms with van der Waals surface area (Å²) in [5.41, 5.74) is 0. The van der Waals surface area contributed by atoms with Gasteiger partial charge in [0.1, 0.15) is 0 Å². The molecule has 0 bridgehead atoms. The third-order valence-electron chi connectivity index (χ3n) is 0.897. The molecule has 0 spiro atoms. The second kappa shape index (κ2) is 6.75. The van der Waals surface area contributed by atoms with Crippen LogP contribution in [0.25, 0.3) is 0 Å². The first-order valence-electron chi connectivity index (χ1n) is 3.23. The van der Waals surface area contributed by atoms with Gasteiger partial charge in [-0.05, 0) is 12.5 Å². The molecule has 0 saturated heterocycles. The Balaban J connectivity index is 3.55. The number of alkyl halides is 1. The fraction of sp³-hybridized carbons (Fsp3) is 0.375. The van der Waals surface area contributed by atoms with Crippen LogP contribution in [-0.4, -0.2) is 11.1 Å². The van der Waals surface area contributed by atoms with E-state index in [0.29, 0.717) is 5.33 Å². The zero-order valence-corrected chi connectivity index (χ0v) is 7.60. The van der Waals surface area contributed by atoms with Crippen molar-refractivity contribution in [3.05, 3.63) is 24.3 Å². The van der Waals surface area contributed by atoms with Gasteiger partial charge in [0.05, 0.1) is 5.33 Å². The Morgan fingerprint density at radius 3 is 2.70 bits per heavy atom. The van der Waals surface area contributed by atoms with Gasteiger partial charge in [-0.2, -0.15) is 0 Å². The molecule has 0 heterocycles. The number of hydrogen-bond acceptors (Lipinski definition) is 1. The van der Waals surface area contributed by atoms with E-state index in [1.165, 1.54) is 0 Å². The molecule has 2 heteroatoms. The van der Waals surface area contributed by atoms with E-state index < -0.39 is 0 Å². The van der Waals surface area contributed by atoms with E-state index in [-0.39, 0.29) is 5.78 Å². The maximum atomic E-state index is 10.6. The monoisotopic (exact) mass is 202 g/mol. The molecule has 0 saturated carbocycles. The molecule has 1 nitrogen and oxygen atoms in total. The van der Waals surface area contributed by atoms with Crippen LogP contribution in [0.4, 0.5) is 0 Å². The average Bonchev–Trinajstić information content (AvgIpc) is 1.98. The van der Waals surface area contributed by atoms with Gasteiger partial charge in [0.15, 0.2) is 5.78 Å². The van der Waals surface area contributed by atoms with Crippen LogP contribution in [0.2, 0.25) is 0 Å². The Bertz CT molecular complexity index is 147. The largest absolute Gasteiger partial charge is 0.294 e. The molecular formula is C8H11BrO. The van der Waals surface area contributed by atoms with E-state index in [1.807, 2.05) is 12.2 Å². The lowest BCUT2D eigenvalue weighted by Crippen LogP contribution is -1.90. The van der Waals surface area contributed by atoms with Crippen LogP contribution >= 0.6 is 15.9 Å². The zero-order valence-electron chi connectivity index (χ0n) is 6.01. The SMILES string of the molecule is CC/C=C/C=C/C(=O)CBr. The minimum absolute atomic E-state index is 0.0979. The molecule has 0 aromatic carbocycles. The maximum absolute atomic E-state index is 10.6. The normalized spacial score (nSPS) is 11.4. The third kappa shape index (κ3) is 5.76. The quantitative estimate of drug-likeness (QED) is 0.389. The Kier molecular flexibility index (Phi) is 6.50. The predicted molar refractivity (Wildman–Crippen MR) is 47.4 cm³/mol. The van der Waals surface area contributed by atoms with Crippen molar-refractivity contribution < 1.29 is 4.79 Å². The van der Waals surface area contributed by atoms with Crippen molar-refractivity contribution in [1.29, 1.82) is 0 Å². The Labute approximate surface area is 69.9 Å². The predicted octanol–water partition coefficient (Wildman–Crippen LogP) is 2.47. The standard InChI is InChI=1S/C8H11BrO/c1-2-3-4-5-6-8(10)7-9/h3-6H,2,7H2,1H3/b4-3+,6-5+. The van der Waals surface area contributed by atoms with Crippen molar-refractivity contribution in [3.8, 4) is 0 Å². The number of ketones is 1. The molecule has 0 rings (SSSR count). The second-order valence-electron chi connectivity index (χ2n) is 1.80. The Morgan fingerprint density at radius 1 is 1.50 bits per heavy atom. The number of halogens is 1. The lowest BCUT2D eigenvalue weighted by atomic mass is 10.3. The van der Waals surface area contributed by atoms with E-state index in [9.17, 15) is 4.79 Å². The van der Waals surface area contributed by atoms with E-state index in [1.54, 1.807) is 12.2 Å². The topological polar surface area (TPSA) is 17.1 Å². The van der Waals surface area contributed by atoms with Gasteiger partial charge in [-0.25, -0.2) is 0 Å². The summed E-state index contributed by atoms with van der Waals surface area (Å²) in [7, 11) is 0. The van der Waals surface area contributed by atoms with E-state index in [0.717, 1.165) is 6.42 Å². The van der Waals surface area contributed by atoms with E-state index >= 15 is 0 Å². The highest BCUT2D eigenvalue weighted by molar-refractivity contribution is 9.09. The third-order valence-corrected chi connectivity index (χ3v) is 1.45. The van der Waals surface area contributed by atoms with Gasteiger partial charge in [0.2, 0.25) is 0 Å². The van der Waals surface area contributed by atoms with Crippen molar-refractivity contribution in [1.82, 2.24) is 0 Å². The fourth-order valence-corrected chi connectivity index (χ4v) is 0.609. The number of rotatable bonds is 4. The highest BCUT2D eigenvalue weighted by Crippen LogP contribution is 1.86. The molecule has 0 aliphatic carbocycles. The molecule has 0 unspecified atom stereocenters. The van der Waals surface area contributed by atoms with Crippen LogP contribution in [0.3, 0.4) is 0 Å². The van der Waals surface area contributed by atoms with Crippen LogP contribution in [0.15, 0.2) is 24.3 Å². The summed E-state index contributed by atoms with van der Waals surface area (Å²) in [6.45, 7) is 2.05. The van der Waals surface area contributed by atoms with Gasteiger partial charge in [-0.3, -0.25) is 4.79 Å². The van der Waals surface area contributed by atoms with Gasteiger partial charge in [-0.15, -0.1) is 0 Å². The molecule has 0 aromatic rings. The first-order chi connectivity index (χ1) is 4.81. The molecule has 0 N–H and O–H groups in total. The van der Waals surface area contributed by atoms with Crippen molar-refractivity contribution in [2.45, 2.75) is 13.3 Å².